The van der Waals surface area contributed by atoms with Crippen LogP contribution in [0.2, 0.25) is 5.02 Å². The van der Waals surface area contributed by atoms with Gasteiger partial charge < -0.3 is 10.3 Å². The topological polar surface area (TPSA) is 86.7 Å². The molecule has 30 heavy (non-hydrogen) atoms. The Balaban J connectivity index is 2.45. The quantitative estimate of drug-likeness (QED) is 0.186. The van der Waals surface area contributed by atoms with Crippen molar-refractivity contribution in [3.8, 4) is 5.75 Å². The van der Waals surface area contributed by atoms with Crippen molar-refractivity contribution in [2.24, 2.45) is 4.88 Å². The lowest BCUT2D eigenvalue weighted by Crippen LogP contribution is -3.23. The number of piperidine rings is 1. The number of quaternary nitrogens is 1. The van der Waals surface area contributed by atoms with Crippen molar-refractivity contribution >= 4 is 48.5 Å². The van der Waals surface area contributed by atoms with E-state index in [2.05, 4.69) is 9.67 Å². The van der Waals surface area contributed by atoms with Crippen LogP contribution >= 0.6 is 42.8 Å². The third kappa shape index (κ3) is 6.52. The molecule has 1 fully saturated rings. The molecule has 2 N–H and O–H groups in total. The van der Waals surface area contributed by atoms with Gasteiger partial charge in [-0.2, -0.15) is 4.89 Å². The minimum absolute atomic E-state index is 0.197. The minimum atomic E-state index is -3.54. The molecule has 2 rings (SSSR count). The van der Waals surface area contributed by atoms with Gasteiger partial charge in [-0.1, -0.05) is 16.3 Å². The van der Waals surface area contributed by atoms with Gasteiger partial charge >= 0.3 is 18.6 Å². The molecule has 1 atom stereocenters. The minimum Gasteiger partial charge on any atom is -0.634 e. The second-order valence-corrected chi connectivity index (χ2v) is 11.7. The first-order chi connectivity index (χ1) is 13.9. The Hall–Kier alpha value is -0.460. The van der Waals surface area contributed by atoms with E-state index in [1.807, 2.05) is 27.7 Å². The fraction of sp³-hybridized carbons (Fsp3) is 0.632. The molecule has 1 aliphatic heterocycles. The van der Waals surface area contributed by atoms with Gasteiger partial charge in [0, 0.05) is 16.8 Å². The predicted octanol–water partition coefficient (Wildman–Crippen LogP) is 4.00. The second-order valence-electron chi connectivity index (χ2n) is 8.60. The number of alkyl halides is 2. The van der Waals surface area contributed by atoms with Crippen LogP contribution in [0.25, 0.3) is 0 Å². The molecule has 1 unspecified atom stereocenters. The highest BCUT2D eigenvalue weighted by Crippen LogP contribution is 2.59. The fourth-order valence-corrected chi connectivity index (χ4v) is 6.09. The van der Waals surface area contributed by atoms with E-state index in [9.17, 15) is 10.1 Å². The van der Waals surface area contributed by atoms with Crippen molar-refractivity contribution in [2.45, 2.75) is 51.6 Å². The Labute approximate surface area is 193 Å². The molecule has 0 spiro atoms. The monoisotopic (exact) mass is 498 g/mol. The molecular formula is C19H30Cl3N4O3P+2. The molecule has 1 heterocycles. The normalized spacial score (nSPS) is 22.3. The lowest BCUT2D eigenvalue weighted by molar-refractivity contribution is -0.950. The van der Waals surface area contributed by atoms with Crippen LogP contribution in [0.15, 0.2) is 29.2 Å². The van der Waals surface area contributed by atoms with Crippen LogP contribution in [0.1, 0.15) is 40.5 Å². The number of halogens is 3. The summed E-state index contributed by atoms with van der Waals surface area (Å²) in [5.74, 6) is 0.945. The Morgan fingerprint density at radius 1 is 1.13 bits per heavy atom. The molecule has 0 amide bonds. The summed E-state index contributed by atoms with van der Waals surface area (Å²) < 4.78 is 7.54. The average molecular weight is 500 g/mol. The van der Waals surface area contributed by atoms with E-state index in [0.717, 1.165) is 5.71 Å². The van der Waals surface area contributed by atoms with Crippen LogP contribution in [0.5, 0.6) is 5.75 Å². The Bertz CT molecular complexity index is 762. The smallest absolute Gasteiger partial charge is 0.611 e. The zero-order valence-corrected chi connectivity index (χ0v) is 20.9. The van der Waals surface area contributed by atoms with Gasteiger partial charge in [0.25, 0.3) is 0 Å². The summed E-state index contributed by atoms with van der Waals surface area (Å²) in [5, 5.41) is 13.4. The summed E-state index contributed by atoms with van der Waals surface area (Å²) in [6, 6.07) is 6.64. The van der Waals surface area contributed by atoms with Gasteiger partial charge in [0.05, 0.1) is 17.9 Å². The van der Waals surface area contributed by atoms with Gasteiger partial charge in [-0.3, -0.25) is 4.52 Å². The number of hydrogen-bond donors (Lipinski definition) is 2. The maximum absolute atomic E-state index is 12.7. The largest absolute Gasteiger partial charge is 0.634 e. The molecule has 7 nitrogen and oxygen atoms in total. The molecule has 0 bridgehead atoms. The van der Waals surface area contributed by atoms with E-state index in [0.29, 0.717) is 36.7 Å². The Morgan fingerprint density at radius 2 is 1.63 bits per heavy atom. The Morgan fingerprint density at radius 3 is 2.10 bits per heavy atom. The number of nitrogens with zero attached hydrogens (tertiary/aromatic N) is 3. The lowest BCUT2D eigenvalue weighted by atomic mass is 9.81. The van der Waals surface area contributed by atoms with Crippen molar-refractivity contribution in [3.63, 3.8) is 0 Å². The molecule has 11 heteroatoms. The molecule has 1 aliphatic rings. The SMILES string of the molecule is CC1(C)CC(=[N+]=N[P+](O)(Oc2ccc(Cl)cc2)N(CCCl)CCCl)CC(C)(C)[NH+]1[O-]. The van der Waals surface area contributed by atoms with Crippen LogP contribution < -0.4 is 9.59 Å². The molecule has 168 valence electrons. The molecule has 0 aliphatic carbocycles. The molecule has 0 saturated carbocycles. The number of benzene rings is 1. The van der Waals surface area contributed by atoms with Gasteiger partial charge in [-0.25, -0.2) is 0 Å². The molecule has 1 aromatic carbocycles. The van der Waals surface area contributed by atoms with Crippen LogP contribution in [-0.2, 0) is 0 Å². The number of rotatable bonds is 8. The molecule has 0 radical (unpaired) electrons. The van der Waals surface area contributed by atoms with Crippen LogP contribution in [0.3, 0.4) is 0 Å². The number of hydrogen-bond acceptors (Lipinski definition) is 5. The van der Waals surface area contributed by atoms with Gasteiger partial charge in [-0.15, -0.1) is 23.2 Å². The summed E-state index contributed by atoms with van der Waals surface area (Å²) in [6.07, 6.45) is 0.954. The summed E-state index contributed by atoms with van der Waals surface area (Å²) in [5.41, 5.74) is -0.342. The third-order valence-electron chi connectivity index (χ3n) is 4.92. The summed E-state index contributed by atoms with van der Waals surface area (Å²) >= 11 is 17.8. The van der Waals surface area contributed by atoms with Crippen molar-refractivity contribution in [1.29, 1.82) is 0 Å². The standard InChI is InChI=1S/C19H30Cl3N4O3P/c1-18(2)13-16(14-19(3,4)26(18)27)23-24-30(28,25(11-9-20)12-10-21)29-17-7-5-15(22)6-8-17/h5-8,26,28H,9-14H2,1-4H3/q+2. The summed E-state index contributed by atoms with van der Waals surface area (Å²) in [6.45, 7) is 8.29. The molecular weight excluding hydrogens is 470 g/mol. The second kappa shape index (κ2) is 10.4. The highest BCUT2D eigenvalue weighted by atomic mass is 35.5. The van der Waals surface area contributed by atoms with E-state index < -0.39 is 19.1 Å². The van der Waals surface area contributed by atoms with E-state index in [1.165, 1.54) is 0 Å². The van der Waals surface area contributed by atoms with Crippen LogP contribution in [0.4, 0.5) is 0 Å². The first-order valence-corrected chi connectivity index (χ1v) is 12.7. The third-order valence-corrected chi connectivity index (χ3v) is 7.42. The van der Waals surface area contributed by atoms with E-state index in [-0.39, 0.29) is 16.8 Å². The van der Waals surface area contributed by atoms with Gasteiger partial charge in [-0.05, 0) is 52.0 Å². The Kier molecular flexibility index (Phi) is 8.98. The van der Waals surface area contributed by atoms with E-state index >= 15 is 0 Å². The van der Waals surface area contributed by atoms with Crippen molar-refractivity contribution in [3.05, 3.63) is 34.5 Å². The number of hydroxylamine groups is 2. The van der Waals surface area contributed by atoms with Crippen LogP contribution in [0, 0.1) is 5.21 Å². The predicted molar refractivity (Wildman–Crippen MR) is 124 cm³/mol. The highest BCUT2D eigenvalue weighted by molar-refractivity contribution is 7.61. The van der Waals surface area contributed by atoms with Crippen LogP contribution in [-0.4, -0.2) is 56.0 Å². The zero-order valence-electron chi connectivity index (χ0n) is 17.7. The van der Waals surface area contributed by atoms with E-state index in [4.69, 9.17) is 39.3 Å². The molecule has 0 aromatic heterocycles. The average Bonchev–Trinajstić information content (AvgIpc) is 2.66. The van der Waals surface area contributed by atoms with E-state index in [1.54, 1.807) is 28.9 Å². The maximum Gasteiger partial charge on any atom is 0.611 e. The molecule has 1 aromatic rings. The van der Waals surface area contributed by atoms with Gasteiger partial charge in [0.2, 0.25) is 0 Å². The maximum atomic E-state index is 12.7. The molecule has 1 saturated heterocycles. The highest BCUT2D eigenvalue weighted by Gasteiger charge is 2.56. The number of nitrogens with one attached hydrogen (secondary N) is 1. The van der Waals surface area contributed by atoms with Crippen molar-refractivity contribution in [1.82, 2.24) is 4.67 Å². The fourth-order valence-electron chi connectivity index (χ4n) is 3.69. The first kappa shape index (κ1) is 25.8. The lowest BCUT2D eigenvalue weighted by Gasteiger charge is -2.50. The zero-order chi connectivity index (χ0) is 22.6. The summed E-state index contributed by atoms with van der Waals surface area (Å²) in [4.78, 5) is 20.1. The van der Waals surface area contributed by atoms with Crippen molar-refractivity contribution < 1.29 is 19.3 Å². The van der Waals surface area contributed by atoms with Crippen molar-refractivity contribution in [2.75, 3.05) is 24.8 Å². The summed E-state index contributed by atoms with van der Waals surface area (Å²) in [7, 11) is -3.54. The van der Waals surface area contributed by atoms with Gasteiger partial charge in [0.1, 0.15) is 23.9 Å². The van der Waals surface area contributed by atoms with Gasteiger partial charge in [0.15, 0.2) is 5.75 Å². The first-order valence-electron chi connectivity index (χ1n) is 9.71.